The van der Waals surface area contributed by atoms with Gasteiger partial charge >= 0.3 is 0 Å². The Morgan fingerprint density at radius 2 is 1.87 bits per heavy atom. The van der Waals surface area contributed by atoms with Crippen molar-refractivity contribution in [1.29, 1.82) is 0 Å². The molecule has 158 valence electrons. The number of aryl methyl sites for hydroxylation is 1. The van der Waals surface area contributed by atoms with Crippen molar-refractivity contribution in [3.8, 4) is 11.5 Å². The fraction of sp³-hybridized carbons (Fsp3) is 0.333. The number of nitrogens with zero attached hydrogens (tertiary/aromatic N) is 2. The first-order valence-corrected chi connectivity index (χ1v) is 10.9. The first kappa shape index (κ1) is 21.8. The maximum Gasteiger partial charge on any atom is 0.257 e. The van der Waals surface area contributed by atoms with Gasteiger partial charge < -0.3 is 14.4 Å². The Hall–Kier alpha value is -2.86. The minimum atomic E-state index is -0.0494. The van der Waals surface area contributed by atoms with E-state index >= 15 is 0 Å². The van der Waals surface area contributed by atoms with Gasteiger partial charge in [-0.25, -0.2) is 4.98 Å². The van der Waals surface area contributed by atoms with Gasteiger partial charge in [0, 0.05) is 11.9 Å². The fourth-order valence-corrected chi connectivity index (χ4v) is 3.81. The van der Waals surface area contributed by atoms with Crippen LogP contribution in [0.4, 0.5) is 0 Å². The van der Waals surface area contributed by atoms with E-state index in [4.69, 9.17) is 9.47 Å². The van der Waals surface area contributed by atoms with Crippen molar-refractivity contribution in [3.05, 3.63) is 75.7 Å². The number of ether oxygens (including phenoxy) is 2. The number of carbonyl (C=O) groups is 1. The van der Waals surface area contributed by atoms with Gasteiger partial charge in [0.15, 0.2) is 0 Å². The molecular weight excluding hydrogens is 396 g/mol. The lowest BCUT2D eigenvalue weighted by Crippen LogP contribution is -2.34. The van der Waals surface area contributed by atoms with Crippen LogP contribution in [-0.4, -0.2) is 29.4 Å². The average Bonchev–Trinajstić information content (AvgIpc) is 3.19. The van der Waals surface area contributed by atoms with Crippen LogP contribution in [0.15, 0.2) is 53.9 Å². The zero-order valence-corrected chi connectivity index (χ0v) is 18.7. The van der Waals surface area contributed by atoms with Crippen LogP contribution in [0.5, 0.6) is 11.5 Å². The van der Waals surface area contributed by atoms with Gasteiger partial charge in [-0.3, -0.25) is 4.79 Å². The molecule has 0 saturated carbocycles. The van der Waals surface area contributed by atoms with Crippen LogP contribution < -0.4 is 9.47 Å². The van der Waals surface area contributed by atoms with E-state index in [1.807, 2.05) is 59.7 Å². The highest BCUT2D eigenvalue weighted by Crippen LogP contribution is 2.22. The van der Waals surface area contributed by atoms with Gasteiger partial charge in [-0.1, -0.05) is 43.7 Å². The fourth-order valence-electron chi connectivity index (χ4n) is 3.11. The van der Waals surface area contributed by atoms with Crippen molar-refractivity contribution >= 4 is 17.2 Å². The summed E-state index contributed by atoms with van der Waals surface area (Å²) in [5.41, 5.74) is 2.63. The van der Waals surface area contributed by atoms with Gasteiger partial charge in [0.1, 0.15) is 23.1 Å². The Morgan fingerprint density at radius 3 is 2.57 bits per heavy atom. The average molecular weight is 425 g/mol. The predicted molar refractivity (Wildman–Crippen MR) is 120 cm³/mol. The highest BCUT2D eigenvalue weighted by molar-refractivity contribution is 7.09. The Kier molecular flexibility index (Phi) is 7.46. The molecule has 5 nitrogen and oxygen atoms in total. The molecule has 0 unspecified atom stereocenters. The lowest BCUT2D eigenvalue weighted by molar-refractivity contribution is 0.0717. The summed E-state index contributed by atoms with van der Waals surface area (Å²) in [6.45, 7) is 7.76. The van der Waals surface area contributed by atoms with E-state index in [1.165, 1.54) is 5.56 Å². The number of rotatable bonds is 9. The largest absolute Gasteiger partial charge is 0.496 e. The summed E-state index contributed by atoms with van der Waals surface area (Å²) in [4.78, 5) is 19.7. The van der Waals surface area contributed by atoms with Crippen molar-refractivity contribution in [3.63, 3.8) is 0 Å². The summed E-state index contributed by atoms with van der Waals surface area (Å²) in [6, 6.07) is 15.3. The van der Waals surface area contributed by atoms with E-state index in [2.05, 4.69) is 18.8 Å². The molecule has 30 heavy (non-hydrogen) atoms. The van der Waals surface area contributed by atoms with Gasteiger partial charge in [-0.15, -0.1) is 11.3 Å². The summed E-state index contributed by atoms with van der Waals surface area (Å²) in [6.07, 6.45) is 0. The second kappa shape index (κ2) is 10.3. The van der Waals surface area contributed by atoms with Crippen LogP contribution in [0, 0.1) is 12.8 Å². The maximum atomic E-state index is 13.2. The van der Waals surface area contributed by atoms with Crippen LogP contribution in [0.25, 0.3) is 0 Å². The molecule has 0 bridgehead atoms. The predicted octanol–water partition coefficient (Wildman–Crippen LogP) is 5.34. The van der Waals surface area contributed by atoms with Gasteiger partial charge in [0.2, 0.25) is 0 Å². The Labute approximate surface area is 182 Å². The second-order valence-electron chi connectivity index (χ2n) is 7.61. The Bertz CT molecular complexity index is 967. The van der Waals surface area contributed by atoms with Crippen molar-refractivity contribution in [1.82, 2.24) is 9.88 Å². The van der Waals surface area contributed by atoms with Crippen LogP contribution in [0.2, 0.25) is 0 Å². The molecule has 0 aliphatic heterocycles. The molecule has 0 atom stereocenters. The number of amides is 1. The minimum absolute atomic E-state index is 0.0494. The molecule has 0 aliphatic rings. The molecule has 0 spiro atoms. The second-order valence-corrected chi connectivity index (χ2v) is 8.56. The highest BCUT2D eigenvalue weighted by atomic mass is 32.1. The zero-order chi connectivity index (χ0) is 21.5. The molecule has 0 fully saturated rings. The monoisotopic (exact) mass is 424 g/mol. The first-order valence-electron chi connectivity index (χ1n) is 10.0. The molecule has 3 aromatic rings. The molecule has 1 amide bonds. The first-order chi connectivity index (χ1) is 14.5. The molecule has 0 N–H and O–H groups in total. The molecular formula is C24H28N2O3S. The molecule has 0 saturated heterocycles. The van der Waals surface area contributed by atoms with Crippen LogP contribution in [-0.2, 0) is 13.2 Å². The maximum absolute atomic E-state index is 13.2. The standard InChI is InChI=1S/C24H28N2O3S/c1-17(2)13-26(24(27)21-7-5-6-8-22(21)28-4)14-19-16-30-23(25-19)15-29-20-11-9-18(3)10-12-20/h5-12,16-17H,13-15H2,1-4H3. The van der Waals surface area contributed by atoms with Gasteiger partial charge in [-0.2, -0.15) is 0 Å². The number of benzene rings is 2. The third kappa shape index (κ3) is 5.83. The van der Waals surface area contributed by atoms with Gasteiger partial charge in [0.05, 0.1) is 24.9 Å². The summed E-state index contributed by atoms with van der Waals surface area (Å²) in [7, 11) is 1.58. The van der Waals surface area contributed by atoms with Gasteiger partial charge in [0.25, 0.3) is 5.91 Å². The number of hydrogen-bond donors (Lipinski definition) is 0. The van der Waals surface area contributed by atoms with E-state index in [-0.39, 0.29) is 5.91 Å². The molecule has 1 heterocycles. The quantitative estimate of drug-likeness (QED) is 0.465. The summed E-state index contributed by atoms with van der Waals surface area (Å²) < 4.78 is 11.2. The molecule has 3 rings (SSSR count). The smallest absolute Gasteiger partial charge is 0.257 e. The normalized spacial score (nSPS) is 10.8. The van der Waals surface area contributed by atoms with E-state index in [0.717, 1.165) is 16.5 Å². The van der Waals surface area contributed by atoms with Crippen LogP contribution >= 0.6 is 11.3 Å². The van der Waals surface area contributed by atoms with E-state index in [1.54, 1.807) is 24.5 Å². The number of para-hydroxylation sites is 1. The van der Waals surface area contributed by atoms with Crippen molar-refractivity contribution < 1.29 is 14.3 Å². The summed E-state index contributed by atoms with van der Waals surface area (Å²) in [5.74, 6) is 1.70. The zero-order valence-electron chi connectivity index (χ0n) is 17.9. The van der Waals surface area contributed by atoms with Crippen molar-refractivity contribution in [2.75, 3.05) is 13.7 Å². The number of hydrogen-bond acceptors (Lipinski definition) is 5. The molecule has 2 aromatic carbocycles. The third-order valence-corrected chi connectivity index (χ3v) is 5.42. The third-order valence-electron chi connectivity index (χ3n) is 4.55. The number of methoxy groups -OCH3 is 1. The number of thiazole rings is 1. The van der Waals surface area contributed by atoms with Gasteiger partial charge in [-0.05, 0) is 37.1 Å². The summed E-state index contributed by atoms with van der Waals surface area (Å²) >= 11 is 1.55. The molecule has 6 heteroatoms. The van der Waals surface area contributed by atoms with Crippen molar-refractivity contribution in [2.45, 2.75) is 33.9 Å². The lowest BCUT2D eigenvalue weighted by Gasteiger charge is -2.24. The van der Waals surface area contributed by atoms with Crippen molar-refractivity contribution in [2.24, 2.45) is 5.92 Å². The van der Waals surface area contributed by atoms with Crippen LogP contribution in [0.1, 0.15) is 40.5 Å². The molecule has 0 radical (unpaired) electrons. The Morgan fingerprint density at radius 1 is 1.13 bits per heavy atom. The minimum Gasteiger partial charge on any atom is -0.496 e. The van der Waals surface area contributed by atoms with Crippen LogP contribution in [0.3, 0.4) is 0 Å². The van der Waals surface area contributed by atoms with E-state index in [9.17, 15) is 4.79 Å². The number of carbonyl (C=O) groups excluding carboxylic acids is 1. The topological polar surface area (TPSA) is 51.7 Å². The van der Waals surface area contributed by atoms with E-state index < -0.39 is 0 Å². The highest BCUT2D eigenvalue weighted by Gasteiger charge is 2.21. The summed E-state index contributed by atoms with van der Waals surface area (Å²) in [5, 5.41) is 2.89. The lowest BCUT2D eigenvalue weighted by atomic mass is 10.1. The Balaban J connectivity index is 1.69. The number of aromatic nitrogens is 1. The molecule has 0 aliphatic carbocycles. The van der Waals surface area contributed by atoms with E-state index in [0.29, 0.717) is 36.9 Å². The SMILES string of the molecule is COc1ccccc1C(=O)N(Cc1csc(COc2ccc(C)cc2)n1)CC(C)C. The molecule has 1 aromatic heterocycles.